The van der Waals surface area contributed by atoms with E-state index in [2.05, 4.69) is 20.2 Å². The number of halogens is 5. The zero-order valence-corrected chi connectivity index (χ0v) is 19.1. The van der Waals surface area contributed by atoms with Crippen molar-refractivity contribution >= 4 is 38.5 Å². The van der Waals surface area contributed by atoms with Crippen LogP contribution in [0.3, 0.4) is 0 Å². The summed E-state index contributed by atoms with van der Waals surface area (Å²) in [4.78, 5) is 8.89. The van der Waals surface area contributed by atoms with Crippen LogP contribution in [0.4, 0.5) is 30.9 Å². The Hall–Kier alpha value is -4.00. The van der Waals surface area contributed by atoms with Gasteiger partial charge in [-0.15, -0.1) is 10.2 Å². The predicted octanol–water partition coefficient (Wildman–Crippen LogP) is 6.77. The zero-order valence-electron chi connectivity index (χ0n) is 18.2. The molecule has 0 aliphatic heterocycles. The van der Waals surface area contributed by atoms with E-state index in [0.717, 1.165) is 12.1 Å². The summed E-state index contributed by atoms with van der Waals surface area (Å²) in [6.45, 7) is 0. The summed E-state index contributed by atoms with van der Waals surface area (Å²) < 4.78 is 72.2. The molecule has 13 heteroatoms. The number of benzene rings is 2. The Morgan fingerprint density at radius 1 is 0.886 bits per heavy atom. The van der Waals surface area contributed by atoms with Crippen molar-refractivity contribution in [3.05, 3.63) is 67.0 Å². The monoisotopic (exact) mass is 508 g/mol. The first-order chi connectivity index (χ1) is 16.3. The minimum absolute atomic E-state index is 0.308. The molecule has 0 saturated heterocycles. The number of hydrogen-bond donors (Lipinski definition) is 0. The van der Waals surface area contributed by atoms with E-state index in [1.54, 1.807) is 52.7 Å². The van der Waals surface area contributed by atoms with Gasteiger partial charge in [0.2, 0.25) is 5.88 Å². The standard InChI is InChI=1S/C22H17F5N6OS/c1-32(20-18-10-11-19(34-2)29-21(18)33-13-28-31-22(33)30-20)16-5-3-4-15(12-16)14-6-8-17(9-7-14)35(23,24,25,26)27/h3-13H,1-2H3. The number of anilines is 2. The number of hydrogen-bond acceptors (Lipinski definition) is 6. The van der Waals surface area contributed by atoms with Crippen LogP contribution in [0.5, 0.6) is 5.88 Å². The summed E-state index contributed by atoms with van der Waals surface area (Å²) in [5, 5.41) is 8.57. The molecule has 0 atom stereocenters. The van der Waals surface area contributed by atoms with Gasteiger partial charge in [0.1, 0.15) is 17.0 Å². The molecule has 0 bridgehead atoms. The predicted molar refractivity (Wildman–Crippen MR) is 124 cm³/mol. The minimum atomic E-state index is -9.74. The van der Waals surface area contributed by atoms with E-state index < -0.39 is 15.1 Å². The summed E-state index contributed by atoms with van der Waals surface area (Å²) in [6.07, 6.45) is 1.48. The van der Waals surface area contributed by atoms with Crippen LogP contribution >= 0.6 is 10.2 Å². The molecule has 0 unspecified atom stereocenters. The molecule has 5 aromatic rings. The van der Waals surface area contributed by atoms with Crippen LogP contribution in [-0.4, -0.2) is 38.7 Å². The zero-order chi connectivity index (χ0) is 25.1. The van der Waals surface area contributed by atoms with Gasteiger partial charge in [-0.05, 0) is 41.5 Å². The highest BCUT2D eigenvalue weighted by Gasteiger charge is 2.65. The number of pyridine rings is 1. The first-order valence-corrected chi connectivity index (χ1v) is 12.0. The molecule has 0 N–H and O–H groups in total. The highest BCUT2D eigenvalue weighted by Crippen LogP contribution is 3.02. The molecule has 3 aromatic heterocycles. The lowest BCUT2D eigenvalue weighted by atomic mass is 10.0. The van der Waals surface area contributed by atoms with Gasteiger partial charge >= 0.3 is 10.2 Å². The maximum absolute atomic E-state index is 13.1. The molecule has 182 valence electrons. The molecule has 0 amide bonds. The topological polar surface area (TPSA) is 68.4 Å². The van der Waals surface area contributed by atoms with Crippen LogP contribution in [0.25, 0.3) is 27.9 Å². The smallest absolute Gasteiger partial charge is 0.310 e. The molecule has 0 aliphatic rings. The van der Waals surface area contributed by atoms with Crippen molar-refractivity contribution in [1.29, 1.82) is 0 Å². The van der Waals surface area contributed by atoms with E-state index in [9.17, 15) is 19.4 Å². The number of nitrogens with zero attached hydrogens (tertiary/aromatic N) is 6. The van der Waals surface area contributed by atoms with E-state index in [4.69, 9.17) is 4.74 Å². The van der Waals surface area contributed by atoms with E-state index in [1.807, 2.05) is 0 Å². The molecule has 2 aromatic carbocycles. The Morgan fingerprint density at radius 2 is 1.63 bits per heavy atom. The molecule has 0 fully saturated rings. The molecular weight excluding hydrogens is 491 g/mol. The van der Waals surface area contributed by atoms with Crippen LogP contribution in [0, 0.1) is 0 Å². The Kier molecular flexibility index (Phi) is 4.56. The fourth-order valence-corrected chi connectivity index (χ4v) is 4.34. The van der Waals surface area contributed by atoms with Crippen molar-refractivity contribution in [3.8, 4) is 17.0 Å². The number of methoxy groups -OCH3 is 1. The largest absolute Gasteiger partial charge is 0.481 e. The lowest BCUT2D eigenvalue weighted by Crippen LogP contribution is -2.13. The van der Waals surface area contributed by atoms with Gasteiger partial charge < -0.3 is 9.64 Å². The van der Waals surface area contributed by atoms with Crippen LogP contribution < -0.4 is 9.64 Å². The summed E-state index contributed by atoms with van der Waals surface area (Å²) >= 11 is 0. The quantitative estimate of drug-likeness (QED) is 0.244. The van der Waals surface area contributed by atoms with E-state index >= 15 is 0 Å². The highest BCUT2D eigenvalue weighted by atomic mass is 32.5. The van der Waals surface area contributed by atoms with E-state index in [-0.39, 0.29) is 0 Å². The maximum atomic E-state index is 13.1. The first kappa shape index (κ1) is 22.8. The van der Waals surface area contributed by atoms with Gasteiger partial charge in [-0.2, -0.15) is 9.97 Å². The molecule has 0 radical (unpaired) electrons. The van der Waals surface area contributed by atoms with Gasteiger partial charge in [0.15, 0.2) is 5.65 Å². The molecule has 0 saturated carbocycles. The van der Waals surface area contributed by atoms with Crippen molar-refractivity contribution in [1.82, 2.24) is 24.6 Å². The number of fused-ring (bicyclic) bond motifs is 3. The van der Waals surface area contributed by atoms with Gasteiger partial charge in [-0.25, -0.2) is 4.40 Å². The Labute approximate surface area is 195 Å². The Balaban J connectivity index is 1.57. The van der Waals surface area contributed by atoms with E-state index in [0.29, 0.717) is 57.5 Å². The van der Waals surface area contributed by atoms with Crippen LogP contribution in [-0.2, 0) is 0 Å². The SMILES string of the molecule is COc1ccc2c(N(C)c3cccc(-c4ccc(S(F)(F)(F)(F)F)cc4)c3)nc3nncn3c2n1. The fourth-order valence-electron chi connectivity index (χ4n) is 3.69. The van der Waals surface area contributed by atoms with Crippen LogP contribution in [0.1, 0.15) is 0 Å². The molecule has 0 spiro atoms. The summed E-state index contributed by atoms with van der Waals surface area (Å²) in [5.74, 6) is 1.20. The molecule has 7 nitrogen and oxygen atoms in total. The highest BCUT2D eigenvalue weighted by molar-refractivity contribution is 8.45. The van der Waals surface area contributed by atoms with Crippen molar-refractivity contribution in [2.24, 2.45) is 0 Å². The molecule has 5 rings (SSSR count). The second-order valence-corrected chi connectivity index (χ2v) is 10.2. The second kappa shape index (κ2) is 7.01. The second-order valence-electron chi connectivity index (χ2n) is 7.76. The van der Waals surface area contributed by atoms with Gasteiger partial charge in [0.25, 0.3) is 5.78 Å². The number of aromatic nitrogens is 5. The van der Waals surface area contributed by atoms with E-state index in [1.165, 1.54) is 13.4 Å². The molecular formula is C22H17F5N6OS. The van der Waals surface area contributed by atoms with Crippen LogP contribution in [0.2, 0.25) is 0 Å². The third-order valence-electron chi connectivity index (χ3n) is 5.45. The third kappa shape index (κ3) is 4.18. The Bertz CT molecular complexity index is 1590. The molecule has 3 heterocycles. The number of rotatable bonds is 5. The average molecular weight is 508 g/mol. The minimum Gasteiger partial charge on any atom is -0.481 e. The number of ether oxygens (including phenoxy) is 1. The van der Waals surface area contributed by atoms with Gasteiger partial charge in [0, 0.05) is 18.8 Å². The summed E-state index contributed by atoms with van der Waals surface area (Å²) in [6, 6.07) is 13.2. The normalized spacial score (nSPS) is 14.0. The molecule has 0 aliphatic carbocycles. The lowest BCUT2D eigenvalue weighted by molar-refractivity contribution is 0.364. The van der Waals surface area contributed by atoms with Crippen LogP contribution in [0.15, 0.2) is 71.9 Å². The summed E-state index contributed by atoms with van der Waals surface area (Å²) in [5.41, 5.74) is 2.05. The van der Waals surface area contributed by atoms with Gasteiger partial charge in [0.05, 0.1) is 12.5 Å². The van der Waals surface area contributed by atoms with Crippen molar-refractivity contribution < 1.29 is 24.2 Å². The summed E-state index contributed by atoms with van der Waals surface area (Å²) in [7, 11) is -6.48. The third-order valence-corrected chi connectivity index (χ3v) is 6.61. The van der Waals surface area contributed by atoms with Crippen molar-refractivity contribution in [3.63, 3.8) is 0 Å². The molecule has 35 heavy (non-hydrogen) atoms. The first-order valence-electron chi connectivity index (χ1n) is 10.1. The maximum Gasteiger partial charge on any atom is 0.310 e. The van der Waals surface area contributed by atoms with Gasteiger partial charge in [-0.3, -0.25) is 0 Å². The van der Waals surface area contributed by atoms with Crippen molar-refractivity contribution in [2.45, 2.75) is 4.90 Å². The average Bonchev–Trinajstić information content (AvgIpc) is 3.30. The lowest BCUT2D eigenvalue weighted by Gasteiger charge is -2.40. The van der Waals surface area contributed by atoms with Crippen molar-refractivity contribution in [2.75, 3.05) is 19.1 Å². The van der Waals surface area contributed by atoms with Gasteiger partial charge in [-0.1, -0.05) is 43.7 Å². The Morgan fingerprint density at radius 3 is 2.31 bits per heavy atom. The fraction of sp³-hybridized carbons (Fsp3) is 0.0909.